The Hall–Kier alpha value is -2.30. The van der Waals surface area contributed by atoms with Crippen molar-refractivity contribution in [2.75, 3.05) is 13.1 Å². The zero-order chi connectivity index (χ0) is 19.8. The van der Waals surface area contributed by atoms with E-state index in [1.807, 2.05) is 0 Å². The highest BCUT2D eigenvalue weighted by Gasteiger charge is 2.38. The molecule has 11 heteroatoms. The molecule has 4 nitrogen and oxygen atoms in total. The molecule has 0 atom stereocenters. The van der Waals surface area contributed by atoms with E-state index in [0.29, 0.717) is 19.2 Å². The first-order chi connectivity index (χ1) is 12.6. The summed E-state index contributed by atoms with van der Waals surface area (Å²) < 4.78 is 79.5. The highest BCUT2D eigenvalue weighted by molar-refractivity contribution is 7.07. The minimum atomic E-state index is -5.01. The lowest BCUT2D eigenvalue weighted by molar-refractivity contribution is -0.143. The number of benzene rings is 1. The minimum Gasteiger partial charge on any atom is -0.323 e. The monoisotopic (exact) mass is 409 g/mol. The van der Waals surface area contributed by atoms with Crippen molar-refractivity contribution in [1.82, 2.24) is 9.47 Å². The van der Waals surface area contributed by atoms with Crippen molar-refractivity contribution in [1.29, 1.82) is 0 Å². The van der Waals surface area contributed by atoms with Crippen molar-refractivity contribution in [3.63, 3.8) is 0 Å². The van der Waals surface area contributed by atoms with Crippen molar-refractivity contribution < 1.29 is 31.1 Å². The van der Waals surface area contributed by atoms with Crippen molar-refractivity contribution in [3.05, 3.63) is 45.7 Å². The maximum Gasteiger partial charge on any atom is 0.418 e. The number of thiazole rings is 1. The molecule has 0 bridgehead atoms. The van der Waals surface area contributed by atoms with Gasteiger partial charge >= 0.3 is 18.4 Å². The summed E-state index contributed by atoms with van der Waals surface area (Å²) in [4.78, 5) is 17.4. The van der Waals surface area contributed by atoms with Gasteiger partial charge in [-0.05, 0) is 31.0 Å². The lowest BCUT2D eigenvalue weighted by Crippen LogP contribution is -2.28. The summed E-state index contributed by atoms with van der Waals surface area (Å²) in [6.07, 6.45) is -7.04. The standard InChI is InChI=1S/C16H13F6N3OS/c17-15(18,19)10-3-4-12(11(9-10)16(20,21)22)25-7-8-27-14(25)23-13(26)24-5-1-2-6-24/h3-4,7-9H,1-2,5-6H2. The molecule has 0 spiro atoms. The molecule has 1 saturated heterocycles. The van der Waals surface area contributed by atoms with E-state index in [0.717, 1.165) is 34.8 Å². The van der Waals surface area contributed by atoms with Crippen LogP contribution in [0.3, 0.4) is 0 Å². The molecule has 1 aromatic heterocycles. The van der Waals surface area contributed by atoms with Gasteiger partial charge in [0.05, 0.1) is 16.8 Å². The van der Waals surface area contributed by atoms with Crippen LogP contribution >= 0.6 is 11.3 Å². The van der Waals surface area contributed by atoms with Crippen LogP contribution in [0.2, 0.25) is 0 Å². The number of alkyl halides is 6. The summed E-state index contributed by atoms with van der Waals surface area (Å²) in [5.41, 5.74) is -3.38. The van der Waals surface area contributed by atoms with Gasteiger partial charge in [-0.25, -0.2) is 4.79 Å². The third-order valence-electron chi connectivity index (χ3n) is 4.05. The number of carbonyl (C=O) groups is 1. The van der Waals surface area contributed by atoms with Crippen molar-refractivity contribution in [2.24, 2.45) is 4.99 Å². The van der Waals surface area contributed by atoms with Crippen molar-refractivity contribution in [3.8, 4) is 5.69 Å². The maximum absolute atomic E-state index is 13.4. The number of hydrogen-bond acceptors (Lipinski definition) is 2. The first kappa shape index (κ1) is 19.5. The number of aromatic nitrogens is 1. The number of carbonyl (C=O) groups excluding carboxylic acids is 1. The van der Waals surface area contributed by atoms with Crippen LogP contribution in [0.5, 0.6) is 0 Å². The molecule has 3 rings (SSSR count). The zero-order valence-electron chi connectivity index (χ0n) is 13.6. The molecule has 1 aromatic carbocycles. The molecule has 2 amide bonds. The highest BCUT2D eigenvalue weighted by atomic mass is 32.1. The van der Waals surface area contributed by atoms with Gasteiger partial charge in [-0.1, -0.05) is 0 Å². The fourth-order valence-corrected chi connectivity index (χ4v) is 3.45. The van der Waals surface area contributed by atoms with E-state index in [-0.39, 0.29) is 10.9 Å². The highest BCUT2D eigenvalue weighted by Crippen LogP contribution is 2.38. The van der Waals surface area contributed by atoms with E-state index >= 15 is 0 Å². The van der Waals surface area contributed by atoms with E-state index in [2.05, 4.69) is 4.99 Å². The summed E-state index contributed by atoms with van der Waals surface area (Å²) in [5, 5.41) is 1.41. The summed E-state index contributed by atoms with van der Waals surface area (Å²) in [5.74, 6) is 0. The van der Waals surface area contributed by atoms with Crippen LogP contribution in [0.15, 0.2) is 34.8 Å². The fraction of sp³-hybridized carbons (Fsp3) is 0.375. The molecule has 146 valence electrons. The molecule has 2 heterocycles. The molecule has 1 fully saturated rings. The lowest BCUT2D eigenvalue weighted by Gasteiger charge is -2.16. The molecular weight excluding hydrogens is 396 g/mol. The Balaban J connectivity index is 2.10. The van der Waals surface area contributed by atoms with Crippen LogP contribution in [0, 0.1) is 0 Å². The Morgan fingerprint density at radius 3 is 2.30 bits per heavy atom. The number of urea groups is 1. The van der Waals surface area contributed by atoms with Crippen LogP contribution in [0.25, 0.3) is 5.69 Å². The molecular formula is C16H13F6N3OS. The SMILES string of the molecule is O=C(N=c1sccn1-c1ccc(C(F)(F)F)cc1C(F)(F)F)N1CCCC1. The van der Waals surface area contributed by atoms with E-state index in [1.54, 1.807) is 0 Å². The first-order valence-electron chi connectivity index (χ1n) is 7.86. The maximum atomic E-state index is 13.4. The number of hydrogen-bond donors (Lipinski definition) is 0. The van der Waals surface area contributed by atoms with Crippen LogP contribution in [0.4, 0.5) is 31.1 Å². The predicted octanol–water partition coefficient (Wildman–Crippen LogP) is 4.69. The molecule has 1 aliphatic heterocycles. The fourth-order valence-electron chi connectivity index (χ4n) is 2.75. The third-order valence-corrected chi connectivity index (χ3v) is 4.80. The number of amides is 2. The summed E-state index contributed by atoms with van der Waals surface area (Å²) in [6.45, 7) is 1.03. The summed E-state index contributed by atoms with van der Waals surface area (Å²) in [7, 11) is 0. The van der Waals surface area contributed by atoms with Gasteiger partial charge in [0.25, 0.3) is 0 Å². The van der Waals surface area contributed by atoms with E-state index in [9.17, 15) is 31.1 Å². The smallest absolute Gasteiger partial charge is 0.323 e. The van der Waals surface area contributed by atoms with Gasteiger partial charge in [-0.2, -0.15) is 31.3 Å². The second kappa shape index (κ2) is 7.02. The largest absolute Gasteiger partial charge is 0.418 e. The van der Waals surface area contributed by atoms with Gasteiger partial charge in [-0.3, -0.25) is 4.57 Å². The number of rotatable bonds is 1. The van der Waals surface area contributed by atoms with Crippen LogP contribution in [0.1, 0.15) is 24.0 Å². The molecule has 27 heavy (non-hydrogen) atoms. The minimum absolute atomic E-state index is 0.0443. The van der Waals surface area contributed by atoms with Crippen molar-refractivity contribution in [2.45, 2.75) is 25.2 Å². The number of halogens is 6. The average Bonchev–Trinajstić information content (AvgIpc) is 3.24. The second-order valence-corrected chi connectivity index (χ2v) is 6.74. The Labute approximate surface area is 153 Å². The van der Waals surface area contributed by atoms with E-state index in [4.69, 9.17) is 0 Å². The van der Waals surface area contributed by atoms with Gasteiger partial charge in [0.15, 0.2) is 4.80 Å². The Morgan fingerprint density at radius 2 is 1.70 bits per heavy atom. The second-order valence-electron chi connectivity index (χ2n) is 5.87. The van der Waals surface area contributed by atoms with Gasteiger partial charge in [-0.15, -0.1) is 11.3 Å². The Kier molecular flexibility index (Phi) is 5.06. The molecule has 0 unspecified atom stereocenters. The van der Waals surface area contributed by atoms with Crippen LogP contribution in [-0.4, -0.2) is 28.6 Å². The van der Waals surface area contributed by atoms with Gasteiger partial charge in [0, 0.05) is 24.7 Å². The molecule has 0 radical (unpaired) electrons. The van der Waals surface area contributed by atoms with Gasteiger partial charge in [0.1, 0.15) is 0 Å². The van der Waals surface area contributed by atoms with Gasteiger partial charge in [0.2, 0.25) is 0 Å². The first-order valence-corrected chi connectivity index (χ1v) is 8.74. The average molecular weight is 409 g/mol. The summed E-state index contributed by atoms with van der Waals surface area (Å²) in [6, 6.07) is 0.787. The predicted molar refractivity (Wildman–Crippen MR) is 85.4 cm³/mol. The molecule has 0 aliphatic carbocycles. The topological polar surface area (TPSA) is 37.6 Å². The van der Waals surface area contributed by atoms with Crippen LogP contribution in [-0.2, 0) is 12.4 Å². The molecule has 1 aliphatic rings. The van der Waals surface area contributed by atoms with Crippen molar-refractivity contribution >= 4 is 17.4 Å². The molecule has 0 N–H and O–H groups in total. The third kappa shape index (κ3) is 4.18. The zero-order valence-corrected chi connectivity index (χ0v) is 14.5. The molecule has 0 saturated carbocycles. The van der Waals surface area contributed by atoms with E-state index in [1.165, 1.54) is 16.5 Å². The normalized spacial score (nSPS) is 16.2. The quantitative estimate of drug-likeness (QED) is 0.630. The summed E-state index contributed by atoms with van der Waals surface area (Å²) >= 11 is 0.920. The van der Waals surface area contributed by atoms with Gasteiger partial charge < -0.3 is 4.90 Å². The molecule has 2 aromatic rings. The Bertz CT molecular complexity index is 906. The number of likely N-dealkylation sites (tertiary alicyclic amines) is 1. The van der Waals surface area contributed by atoms with Crippen LogP contribution < -0.4 is 4.80 Å². The lowest BCUT2D eigenvalue weighted by atomic mass is 10.1. The Morgan fingerprint density at radius 1 is 1.04 bits per heavy atom. The van der Waals surface area contributed by atoms with E-state index < -0.39 is 35.2 Å². The number of nitrogens with zero attached hydrogens (tertiary/aromatic N) is 3.